The van der Waals surface area contributed by atoms with Gasteiger partial charge in [0.05, 0.1) is 0 Å². The molecule has 0 bridgehead atoms. The van der Waals surface area contributed by atoms with Gasteiger partial charge in [0.1, 0.15) is 0 Å². The SMILES string of the molecule is CCCNCCC(C)c1ccc(C(C)C)cc1. The second-order valence-corrected chi connectivity index (χ2v) is 5.26. The van der Waals surface area contributed by atoms with Crippen LogP contribution in [0.2, 0.25) is 0 Å². The van der Waals surface area contributed by atoms with Gasteiger partial charge in [-0.3, -0.25) is 0 Å². The molecule has 0 heterocycles. The van der Waals surface area contributed by atoms with Gasteiger partial charge in [0.15, 0.2) is 0 Å². The van der Waals surface area contributed by atoms with Gasteiger partial charge in [0.2, 0.25) is 0 Å². The average Bonchev–Trinajstić information content (AvgIpc) is 2.34. The van der Waals surface area contributed by atoms with Gasteiger partial charge in [0, 0.05) is 0 Å². The van der Waals surface area contributed by atoms with Crippen LogP contribution in [-0.4, -0.2) is 13.1 Å². The third-order valence-electron chi connectivity index (χ3n) is 3.35. The van der Waals surface area contributed by atoms with Crippen molar-refractivity contribution >= 4 is 0 Å². The highest BCUT2D eigenvalue weighted by Crippen LogP contribution is 2.21. The zero-order valence-corrected chi connectivity index (χ0v) is 11.8. The molecule has 0 aromatic heterocycles. The van der Waals surface area contributed by atoms with Crippen LogP contribution in [0.1, 0.15) is 63.5 Å². The van der Waals surface area contributed by atoms with Crippen LogP contribution in [0, 0.1) is 0 Å². The van der Waals surface area contributed by atoms with Crippen molar-refractivity contribution in [2.45, 2.75) is 52.4 Å². The number of hydrogen-bond donors (Lipinski definition) is 1. The Kier molecular flexibility index (Phi) is 6.28. The highest BCUT2D eigenvalue weighted by molar-refractivity contribution is 5.26. The largest absolute Gasteiger partial charge is 0.317 e. The Bertz CT molecular complexity index is 300. The Morgan fingerprint density at radius 1 is 0.941 bits per heavy atom. The molecule has 1 heteroatoms. The zero-order valence-electron chi connectivity index (χ0n) is 11.8. The lowest BCUT2D eigenvalue weighted by molar-refractivity contribution is 0.590. The third kappa shape index (κ3) is 4.91. The molecule has 1 atom stereocenters. The predicted octanol–water partition coefficient (Wildman–Crippen LogP) is 4.30. The Balaban J connectivity index is 2.43. The zero-order chi connectivity index (χ0) is 12.7. The minimum atomic E-state index is 0.630. The maximum absolute atomic E-state index is 3.47. The monoisotopic (exact) mass is 233 g/mol. The van der Waals surface area contributed by atoms with Crippen LogP contribution in [0.25, 0.3) is 0 Å². The molecule has 0 fully saturated rings. The molecule has 0 amide bonds. The second kappa shape index (κ2) is 7.50. The first-order valence-electron chi connectivity index (χ1n) is 6.95. The van der Waals surface area contributed by atoms with E-state index in [9.17, 15) is 0 Å². The molecule has 0 saturated heterocycles. The molecule has 1 aromatic carbocycles. The smallest absolute Gasteiger partial charge is 0.00432 e. The van der Waals surface area contributed by atoms with Gasteiger partial charge in [-0.15, -0.1) is 0 Å². The van der Waals surface area contributed by atoms with Crippen molar-refractivity contribution in [1.29, 1.82) is 0 Å². The number of rotatable bonds is 7. The Morgan fingerprint density at radius 3 is 2.06 bits per heavy atom. The molecule has 0 aliphatic rings. The number of benzene rings is 1. The molecule has 0 saturated carbocycles. The normalized spacial score (nSPS) is 13.0. The molecule has 0 spiro atoms. The van der Waals surface area contributed by atoms with E-state index >= 15 is 0 Å². The molecule has 0 aliphatic carbocycles. The van der Waals surface area contributed by atoms with E-state index in [1.807, 2.05) is 0 Å². The van der Waals surface area contributed by atoms with Gasteiger partial charge in [-0.1, -0.05) is 52.0 Å². The molecule has 1 N–H and O–H groups in total. The Hall–Kier alpha value is -0.820. The van der Waals surface area contributed by atoms with E-state index in [2.05, 4.69) is 57.3 Å². The lowest BCUT2D eigenvalue weighted by atomic mass is 9.94. The van der Waals surface area contributed by atoms with Crippen molar-refractivity contribution in [3.05, 3.63) is 35.4 Å². The van der Waals surface area contributed by atoms with Crippen molar-refractivity contribution in [3.63, 3.8) is 0 Å². The Labute approximate surface area is 107 Å². The summed E-state index contributed by atoms with van der Waals surface area (Å²) in [4.78, 5) is 0. The fourth-order valence-electron chi connectivity index (χ4n) is 2.00. The van der Waals surface area contributed by atoms with Crippen LogP contribution in [0.3, 0.4) is 0 Å². The van der Waals surface area contributed by atoms with Gasteiger partial charge in [0.25, 0.3) is 0 Å². The summed E-state index contributed by atoms with van der Waals surface area (Å²) < 4.78 is 0. The van der Waals surface area contributed by atoms with E-state index in [0.29, 0.717) is 11.8 Å². The summed E-state index contributed by atoms with van der Waals surface area (Å²) in [5.74, 6) is 1.28. The van der Waals surface area contributed by atoms with Crippen molar-refractivity contribution in [2.24, 2.45) is 0 Å². The molecule has 17 heavy (non-hydrogen) atoms. The molecule has 1 unspecified atom stereocenters. The molecule has 1 nitrogen and oxygen atoms in total. The van der Waals surface area contributed by atoms with E-state index < -0.39 is 0 Å². The summed E-state index contributed by atoms with van der Waals surface area (Å²) in [5.41, 5.74) is 2.90. The van der Waals surface area contributed by atoms with Gasteiger partial charge < -0.3 is 5.32 Å². The molecular formula is C16H27N. The fourth-order valence-corrected chi connectivity index (χ4v) is 2.00. The van der Waals surface area contributed by atoms with Gasteiger partial charge in [-0.25, -0.2) is 0 Å². The van der Waals surface area contributed by atoms with Gasteiger partial charge in [-0.2, -0.15) is 0 Å². The van der Waals surface area contributed by atoms with E-state index in [-0.39, 0.29) is 0 Å². The van der Waals surface area contributed by atoms with Crippen LogP contribution < -0.4 is 5.32 Å². The fraction of sp³-hybridized carbons (Fsp3) is 0.625. The summed E-state index contributed by atoms with van der Waals surface area (Å²) in [6.45, 7) is 11.3. The maximum atomic E-state index is 3.47. The first kappa shape index (κ1) is 14.2. The van der Waals surface area contributed by atoms with E-state index in [0.717, 1.165) is 13.1 Å². The van der Waals surface area contributed by atoms with Crippen LogP contribution in [0.4, 0.5) is 0 Å². The molecule has 0 radical (unpaired) electrons. The summed E-state index contributed by atoms with van der Waals surface area (Å²) in [6, 6.07) is 9.13. The quantitative estimate of drug-likeness (QED) is 0.692. The molecular weight excluding hydrogens is 206 g/mol. The summed E-state index contributed by atoms with van der Waals surface area (Å²) in [7, 11) is 0. The average molecular weight is 233 g/mol. The highest BCUT2D eigenvalue weighted by Gasteiger charge is 2.05. The van der Waals surface area contributed by atoms with Gasteiger partial charge in [-0.05, 0) is 48.9 Å². The van der Waals surface area contributed by atoms with Crippen molar-refractivity contribution < 1.29 is 0 Å². The summed E-state index contributed by atoms with van der Waals surface area (Å²) >= 11 is 0. The Morgan fingerprint density at radius 2 is 1.53 bits per heavy atom. The van der Waals surface area contributed by atoms with Gasteiger partial charge >= 0.3 is 0 Å². The number of hydrogen-bond acceptors (Lipinski definition) is 1. The summed E-state index contributed by atoms with van der Waals surface area (Å²) in [6.07, 6.45) is 2.44. The molecule has 96 valence electrons. The number of nitrogens with one attached hydrogen (secondary N) is 1. The minimum absolute atomic E-state index is 0.630. The molecule has 1 aromatic rings. The van der Waals surface area contributed by atoms with Crippen LogP contribution >= 0.6 is 0 Å². The van der Waals surface area contributed by atoms with Crippen molar-refractivity contribution in [2.75, 3.05) is 13.1 Å². The molecule has 0 aliphatic heterocycles. The van der Waals surface area contributed by atoms with Crippen LogP contribution in [0.15, 0.2) is 24.3 Å². The van der Waals surface area contributed by atoms with E-state index in [4.69, 9.17) is 0 Å². The van der Waals surface area contributed by atoms with Crippen LogP contribution in [-0.2, 0) is 0 Å². The molecule has 1 rings (SSSR count). The lowest BCUT2D eigenvalue weighted by Crippen LogP contribution is -2.17. The first-order chi connectivity index (χ1) is 8.15. The van der Waals surface area contributed by atoms with Crippen LogP contribution in [0.5, 0.6) is 0 Å². The second-order valence-electron chi connectivity index (χ2n) is 5.26. The maximum Gasteiger partial charge on any atom is -0.00432 e. The highest BCUT2D eigenvalue weighted by atomic mass is 14.8. The third-order valence-corrected chi connectivity index (χ3v) is 3.35. The first-order valence-corrected chi connectivity index (χ1v) is 6.95. The van der Waals surface area contributed by atoms with Crippen molar-refractivity contribution in [1.82, 2.24) is 5.32 Å². The standard InChI is InChI=1S/C16H27N/c1-5-11-17-12-10-14(4)16-8-6-15(7-9-16)13(2)3/h6-9,13-14,17H,5,10-12H2,1-4H3. The van der Waals surface area contributed by atoms with E-state index in [1.165, 1.54) is 24.0 Å². The lowest BCUT2D eigenvalue weighted by Gasteiger charge is -2.14. The predicted molar refractivity (Wildman–Crippen MR) is 76.7 cm³/mol. The van der Waals surface area contributed by atoms with Crippen molar-refractivity contribution in [3.8, 4) is 0 Å². The van der Waals surface area contributed by atoms with E-state index in [1.54, 1.807) is 0 Å². The summed E-state index contributed by atoms with van der Waals surface area (Å²) in [5, 5.41) is 3.47. The minimum Gasteiger partial charge on any atom is -0.317 e. The topological polar surface area (TPSA) is 12.0 Å².